The lowest BCUT2D eigenvalue weighted by atomic mass is 10.1. The first-order valence-corrected chi connectivity index (χ1v) is 11.1. The van der Waals surface area contributed by atoms with E-state index in [1.54, 1.807) is 17.9 Å². The van der Waals surface area contributed by atoms with Crippen LogP contribution in [0.2, 0.25) is 0 Å². The first-order valence-electron chi connectivity index (χ1n) is 10.3. The van der Waals surface area contributed by atoms with Gasteiger partial charge in [0.2, 0.25) is 0 Å². The number of hydrogen-bond acceptors (Lipinski definition) is 7. The molecule has 1 aliphatic rings. The van der Waals surface area contributed by atoms with Crippen molar-refractivity contribution < 1.29 is 14.5 Å². The van der Waals surface area contributed by atoms with Crippen LogP contribution in [0, 0.1) is 17.0 Å². The van der Waals surface area contributed by atoms with Gasteiger partial charge in [0.05, 0.1) is 28.4 Å². The molecule has 1 amide bonds. The second-order valence-corrected chi connectivity index (χ2v) is 8.50. The Kier molecular flexibility index (Phi) is 6.55. The standard InChI is InChI=1S/C22H24N4O4S/c1-16-15-17(7-8-19(16)26(28)29)21(27)25(10-4-9-24-11-13-30-14-12-24)22-23-18-5-2-3-6-20(18)31-22/h2-3,5-8,15H,4,9-14H2,1H3. The highest BCUT2D eigenvalue weighted by Gasteiger charge is 2.23. The van der Waals surface area contributed by atoms with Gasteiger partial charge < -0.3 is 4.74 Å². The highest BCUT2D eigenvalue weighted by atomic mass is 32.1. The third-order valence-electron chi connectivity index (χ3n) is 5.36. The molecule has 8 nitrogen and oxygen atoms in total. The fourth-order valence-corrected chi connectivity index (χ4v) is 4.68. The molecule has 1 saturated heterocycles. The molecule has 2 aromatic carbocycles. The zero-order valence-electron chi connectivity index (χ0n) is 17.3. The second-order valence-electron chi connectivity index (χ2n) is 7.49. The summed E-state index contributed by atoms with van der Waals surface area (Å²) in [5.41, 5.74) is 1.76. The minimum Gasteiger partial charge on any atom is -0.379 e. The van der Waals surface area contributed by atoms with Crippen LogP contribution >= 0.6 is 11.3 Å². The van der Waals surface area contributed by atoms with Crippen LogP contribution in [0.3, 0.4) is 0 Å². The molecule has 0 bridgehead atoms. The summed E-state index contributed by atoms with van der Waals surface area (Å²) in [7, 11) is 0. The molecule has 9 heteroatoms. The lowest BCUT2D eigenvalue weighted by Crippen LogP contribution is -2.39. The fraction of sp³-hybridized carbons (Fsp3) is 0.364. The van der Waals surface area contributed by atoms with E-state index in [-0.39, 0.29) is 11.6 Å². The number of fused-ring (bicyclic) bond motifs is 1. The third-order valence-corrected chi connectivity index (χ3v) is 6.42. The Morgan fingerprint density at radius 2 is 2.03 bits per heavy atom. The topological polar surface area (TPSA) is 88.8 Å². The lowest BCUT2D eigenvalue weighted by Gasteiger charge is -2.27. The number of morpholine rings is 1. The maximum Gasteiger partial charge on any atom is 0.272 e. The number of hydrogen-bond donors (Lipinski definition) is 0. The maximum atomic E-state index is 13.4. The lowest BCUT2D eigenvalue weighted by molar-refractivity contribution is -0.385. The fourth-order valence-electron chi connectivity index (χ4n) is 3.69. The van der Waals surface area contributed by atoms with E-state index in [9.17, 15) is 14.9 Å². The first-order chi connectivity index (χ1) is 15.0. The Hall–Kier alpha value is -2.88. The summed E-state index contributed by atoms with van der Waals surface area (Å²) < 4.78 is 6.42. The highest BCUT2D eigenvalue weighted by Crippen LogP contribution is 2.30. The number of nitro groups is 1. The van der Waals surface area contributed by atoms with E-state index < -0.39 is 4.92 Å². The Bertz CT molecular complexity index is 1060. The number of carbonyl (C=O) groups excluding carboxylic acids is 1. The molecule has 0 radical (unpaired) electrons. The maximum absolute atomic E-state index is 13.4. The molecule has 1 aliphatic heterocycles. The van der Waals surface area contributed by atoms with Gasteiger partial charge in [0, 0.05) is 43.4 Å². The smallest absolute Gasteiger partial charge is 0.272 e. The molecule has 4 rings (SSSR count). The normalized spacial score (nSPS) is 14.6. The van der Waals surface area contributed by atoms with Crippen molar-refractivity contribution in [3.8, 4) is 0 Å². The average molecular weight is 441 g/mol. The number of aromatic nitrogens is 1. The summed E-state index contributed by atoms with van der Waals surface area (Å²) in [6.07, 6.45) is 0.799. The number of nitrogens with zero attached hydrogens (tertiary/aromatic N) is 4. The molecule has 162 valence electrons. The van der Waals surface area contributed by atoms with Crippen molar-refractivity contribution in [1.29, 1.82) is 0 Å². The number of thiazole rings is 1. The van der Waals surface area contributed by atoms with E-state index in [1.807, 2.05) is 24.3 Å². The van der Waals surface area contributed by atoms with Crippen LogP contribution in [0.15, 0.2) is 42.5 Å². The summed E-state index contributed by atoms with van der Waals surface area (Å²) >= 11 is 1.48. The van der Waals surface area contributed by atoms with Gasteiger partial charge in [0.15, 0.2) is 5.13 Å². The van der Waals surface area contributed by atoms with Crippen LogP contribution < -0.4 is 4.90 Å². The third kappa shape index (κ3) is 4.90. The van der Waals surface area contributed by atoms with Crippen LogP contribution in [0.4, 0.5) is 10.8 Å². The van der Waals surface area contributed by atoms with Gasteiger partial charge in [-0.05, 0) is 37.6 Å². The van der Waals surface area contributed by atoms with Gasteiger partial charge in [-0.3, -0.25) is 24.7 Å². The van der Waals surface area contributed by atoms with Gasteiger partial charge in [0.1, 0.15) is 0 Å². The number of amides is 1. The number of rotatable bonds is 7. The van der Waals surface area contributed by atoms with Crippen molar-refractivity contribution in [2.75, 3.05) is 44.3 Å². The van der Waals surface area contributed by atoms with E-state index >= 15 is 0 Å². The van der Waals surface area contributed by atoms with E-state index in [4.69, 9.17) is 4.74 Å². The summed E-state index contributed by atoms with van der Waals surface area (Å²) in [5.74, 6) is -0.195. The number of nitro benzene ring substituents is 1. The largest absolute Gasteiger partial charge is 0.379 e. The predicted octanol–water partition coefficient (Wildman–Crippen LogP) is 3.88. The summed E-state index contributed by atoms with van der Waals surface area (Å²) in [6, 6.07) is 12.3. The van der Waals surface area contributed by atoms with E-state index in [0.29, 0.717) is 22.8 Å². The van der Waals surface area contributed by atoms with E-state index in [2.05, 4.69) is 9.88 Å². The summed E-state index contributed by atoms with van der Waals surface area (Å²) in [5, 5.41) is 11.8. The molecule has 0 saturated carbocycles. The van der Waals surface area contributed by atoms with Gasteiger partial charge >= 0.3 is 0 Å². The predicted molar refractivity (Wildman–Crippen MR) is 121 cm³/mol. The van der Waals surface area contributed by atoms with Gasteiger partial charge in [-0.2, -0.15) is 0 Å². The van der Waals surface area contributed by atoms with Crippen molar-refractivity contribution in [3.63, 3.8) is 0 Å². The molecular formula is C22H24N4O4S. The number of benzene rings is 2. The second kappa shape index (κ2) is 9.51. The van der Waals surface area contributed by atoms with E-state index in [0.717, 1.165) is 49.5 Å². The Labute approximate surface area is 184 Å². The molecule has 0 spiro atoms. The molecule has 2 heterocycles. The van der Waals surface area contributed by atoms with Crippen molar-refractivity contribution in [3.05, 3.63) is 63.7 Å². The number of anilines is 1. The van der Waals surface area contributed by atoms with Gasteiger partial charge in [-0.15, -0.1) is 0 Å². The molecule has 1 fully saturated rings. The first kappa shape index (κ1) is 21.4. The minimum absolute atomic E-state index is 0.00963. The molecule has 0 atom stereocenters. The monoisotopic (exact) mass is 440 g/mol. The summed E-state index contributed by atoms with van der Waals surface area (Å²) in [6.45, 7) is 6.32. The summed E-state index contributed by atoms with van der Waals surface area (Å²) in [4.78, 5) is 32.8. The Balaban J connectivity index is 1.58. The van der Waals surface area contributed by atoms with Crippen LogP contribution in [0.5, 0.6) is 0 Å². The van der Waals surface area contributed by atoms with Crippen LogP contribution in [-0.4, -0.2) is 60.1 Å². The number of ether oxygens (including phenoxy) is 1. The number of carbonyl (C=O) groups is 1. The van der Waals surface area contributed by atoms with Crippen molar-refractivity contribution in [2.24, 2.45) is 0 Å². The number of para-hydroxylation sites is 1. The Morgan fingerprint density at radius 3 is 2.74 bits per heavy atom. The van der Waals surface area contributed by atoms with Gasteiger partial charge in [-0.1, -0.05) is 23.5 Å². The SMILES string of the molecule is Cc1cc(C(=O)N(CCCN2CCOCC2)c2nc3ccccc3s2)ccc1[N+](=O)[O-]. The molecule has 0 aliphatic carbocycles. The number of aryl methyl sites for hydroxylation is 1. The highest BCUT2D eigenvalue weighted by molar-refractivity contribution is 7.22. The minimum atomic E-state index is -0.433. The quantitative estimate of drug-likeness (QED) is 0.409. The van der Waals surface area contributed by atoms with E-state index in [1.165, 1.54) is 23.5 Å². The molecule has 31 heavy (non-hydrogen) atoms. The Morgan fingerprint density at radius 1 is 1.26 bits per heavy atom. The van der Waals surface area contributed by atoms with Crippen LogP contribution in [-0.2, 0) is 4.74 Å². The van der Waals surface area contributed by atoms with Crippen LogP contribution in [0.1, 0.15) is 22.3 Å². The zero-order chi connectivity index (χ0) is 21.8. The molecule has 0 unspecified atom stereocenters. The van der Waals surface area contributed by atoms with Crippen LogP contribution in [0.25, 0.3) is 10.2 Å². The zero-order valence-corrected chi connectivity index (χ0v) is 18.1. The van der Waals surface area contributed by atoms with Crippen molar-refractivity contribution in [2.45, 2.75) is 13.3 Å². The molecule has 1 aromatic heterocycles. The van der Waals surface area contributed by atoms with Gasteiger partial charge in [-0.25, -0.2) is 4.98 Å². The van der Waals surface area contributed by atoms with Crippen molar-refractivity contribution in [1.82, 2.24) is 9.88 Å². The van der Waals surface area contributed by atoms with Gasteiger partial charge in [0.25, 0.3) is 11.6 Å². The molecule has 0 N–H and O–H groups in total. The molecular weight excluding hydrogens is 416 g/mol. The average Bonchev–Trinajstić information content (AvgIpc) is 3.20. The molecule has 3 aromatic rings. The van der Waals surface area contributed by atoms with Crippen molar-refractivity contribution >= 4 is 38.3 Å².